The molecular formula is C18H28N4O2. The molecule has 6 nitrogen and oxygen atoms in total. The van der Waals surface area contributed by atoms with Crippen molar-refractivity contribution in [3.63, 3.8) is 0 Å². The standard InChI is InChI=1S/C18H28N4O2/c1-21(19-13-14-8-4-2-5-9-14)16-12-17(23)22(18(24)20-16)15-10-6-3-7-11-15/h12-15H,2-11H2,1H3,(H,20,24). The summed E-state index contributed by atoms with van der Waals surface area (Å²) in [7, 11) is 1.77. The minimum absolute atomic E-state index is 0.0418. The van der Waals surface area contributed by atoms with Crippen molar-refractivity contribution < 1.29 is 0 Å². The summed E-state index contributed by atoms with van der Waals surface area (Å²) in [5, 5.41) is 6.03. The molecule has 0 spiro atoms. The van der Waals surface area contributed by atoms with Gasteiger partial charge in [-0.25, -0.2) is 4.79 Å². The number of aromatic nitrogens is 2. The fourth-order valence-electron chi connectivity index (χ4n) is 3.89. The number of nitrogens with one attached hydrogen (secondary N) is 1. The zero-order chi connectivity index (χ0) is 16.9. The van der Waals surface area contributed by atoms with Crippen molar-refractivity contribution in [3.05, 3.63) is 26.9 Å². The Morgan fingerprint density at radius 1 is 1.08 bits per heavy atom. The highest BCUT2D eigenvalue weighted by atomic mass is 16.2. The third-order valence-corrected chi connectivity index (χ3v) is 5.34. The second-order valence-corrected chi connectivity index (χ2v) is 7.15. The lowest BCUT2D eigenvalue weighted by atomic mass is 9.90. The van der Waals surface area contributed by atoms with E-state index in [2.05, 4.69) is 10.1 Å². The van der Waals surface area contributed by atoms with E-state index in [1.807, 2.05) is 6.21 Å². The van der Waals surface area contributed by atoms with Gasteiger partial charge >= 0.3 is 5.69 Å². The first kappa shape index (κ1) is 17.0. The number of H-pyrrole nitrogens is 1. The fourth-order valence-corrected chi connectivity index (χ4v) is 3.89. The molecule has 1 heterocycles. The Kier molecular flexibility index (Phi) is 5.53. The van der Waals surface area contributed by atoms with Crippen LogP contribution in [0, 0.1) is 5.92 Å². The van der Waals surface area contributed by atoms with E-state index in [1.54, 1.807) is 12.1 Å². The molecular weight excluding hydrogens is 304 g/mol. The molecule has 6 heteroatoms. The summed E-state index contributed by atoms with van der Waals surface area (Å²) in [6.45, 7) is 0. The molecule has 0 radical (unpaired) electrons. The van der Waals surface area contributed by atoms with Gasteiger partial charge in [-0.05, 0) is 31.6 Å². The Balaban J connectivity index is 1.75. The predicted molar refractivity (Wildman–Crippen MR) is 96.9 cm³/mol. The Bertz CT molecular complexity index is 648. The largest absolute Gasteiger partial charge is 0.330 e. The lowest BCUT2D eigenvalue weighted by Crippen LogP contribution is -2.39. The molecule has 2 fully saturated rings. The lowest BCUT2D eigenvalue weighted by Gasteiger charge is -2.23. The quantitative estimate of drug-likeness (QED) is 0.680. The first-order valence-electron chi connectivity index (χ1n) is 9.29. The van der Waals surface area contributed by atoms with Crippen LogP contribution in [-0.2, 0) is 0 Å². The van der Waals surface area contributed by atoms with Crippen LogP contribution < -0.4 is 16.3 Å². The number of aromatic amines is 1. The van der Waals surface area contributed by atoms with E-state index < -0.39 is 0 Å². The zero-order valence-corrected chi connectivity index (χ0v) is 14.5. The first-order valence-corrected chi connectivity index (χ1v) is 9.29. The van der Waals surface area contributed by atoms with Gasteiger partial charge in [0.25, 0.3) is 5.56 Å². The minimum Gasteiger partial charge on any atom is -0.292 e. The summed E-state index contributed by atoms with van der Waals surface area (Å²) in [5.41, 5.74) is -0.538. The van der Waals surface area contributed by atoms with Gasteiger partial charge < -0.3 is 0 Å². The monoisotopic (exact) mass is 332 g/mol. The van der Waals surface area contributed by atoms with Gasteiger partial charge in [-0.3, -0.25) is 19.4 Å². The van der Waals surface area contributed by atoms with Gasteiger partial charge in [0.2, 0.25) is 0 Å². The van der Waals surface area contributed by atoms with Crippen LogP contribution in [0.3, 0.4) is 0 Å². The SMILES string of the molecule is CN(N=CC1CCCCC1)c1cc(=O)n(C2CCCCC2)c(=O)[nH]1. The molecule has 0 aromatic carbocycles. The van der Waals surface area contributed by atoms with Crippen LogP contribution in [0.1, 0.15) is 70.3 Å². The van der Waals surface area contributed by atoms with Crippen LogP contribution in [0.4, 0.5) is 5.82 Å². The first-order chi connectivity index (χ1) is 11.6. The highest BCUT2D eigenvalue weighted by Crippen LogP contribution is 2.26. The molecule has 1 aromatic rings. The van der Waals surface area contributed by atoms with Gasteiger partial charge in [-0.1, -0.05) is 38.5 Å². The number of rotatable bonds is 4. The van der Waals surface area contributed by atoms with E-state index in [1.165, 1.54) is 49.2 Å². The molecule has 24 heavy (non-hydrogen) atoms. The predicted octanol–water partition coefficient (Wildman–Crippen LogP) is 3.04. The summed E-state index contributed by atoms with van der Waals surface area (Å²) in [5.74, 6) is 0.972. The van der Waals surface area contributed by atoms with Crippen molar-refractivity contribution in [3.8, 4) is 0 Å². The molecule has 1 N–H and O–H groups in total. The molecule has 2 saturated carbocycles. The normalized spacial score (nSPS) is 20.5. The maximum absolute atomic E-state index is 12.4. The highest BCUT2D eigenvalue weighted by Gasteiger charge is 2.19. The average Bonchev–Trinajstić information content (AvgIpc) is 2.61. The zero-order valence-electron chi connectivity index (χ0n) is 14.5. The number of anilines is 1. The van der Waals surface area contributed by atoms with Crippen molar-refractivity contribution in [2.75, 3.05) is 12.1 Å². The lowest BCUT2D eigenvalue weighted by molar-refractivity contribution is 0.336. The molecule has 0 amide bonds. The molecule has 2 aliphatic carbocycles. The Labute approximate surface area is 142 Å². The third-order valence-electron chi connectivity index (χ3n) is 5.34. The molecule has 0 aliphatic heterocycles. The van der Waals surface area contributed by atoms with Gasteiger partial charge in [0.05, 0.1) is 0 Å². The topological polar surface area (TPSA) is 70.5 Å². The van der Waals surface area contributed by atoms with Gasteiger partial charge in [0, 0.05) is 25.4 Å². The fraction of sp³-hybridized carbons (Fsp3) is 0.722. The molecule has 132 valence electrons. The summed E-state index contributed by atoms with van der Waals surface area (Å²) in [6, 6.07) is 1.54. The molecule has 0 atom stereocenters. The van der Waals surface area contributed by atoms with Crippen molar-refractivity contribution in [1.29, 1.82) is 0 Å². The van der Waals surface area contributed by atoms with Gasteiger partial charge in [0.1, 0.15) is 5.82 Å². The number of hydrogen-bond donors (Lipinski definition) is 1. The van der Waals surface area contributed by atoms with Crippen LogP contribution in [0.2, 0.25) is 0 Å². The smallest absolute Gasteiger partial charge is 0.292 e. The average molecular weight is 332 g/mol. The Morgan fingerprint density at radius 2 is 1.71 bits per heavy atom. The molecule has 1 aromatic heterocycles. The van der Waals surface area contributed by atoms with Crippen LogP contribution >= 0.6 is 0 Å². The molecule has 3 rings (SSSR count). The molecule has 0 saturated heterocycles. The molecule has 0 unspecified atom stereocenters. The van der Waals surface area contributed by atoms with Crippen molar-refractivity contribution in [2.45, 2.75) is 70.3 Å². The van der Waals surface area contributed by atoms with E-state index in [4.69, 9.17) is 0 Å². The summed E-state index contributed by atoms with van der Waals surface area (Å²) in [4.78, 5) is 27.7. The minimum atomic E-state index is -0.316. The van der Waals surface area contributed by atoms with Crippen LogP contribution in [0.5, 0.6) is 0 Å². The van der Waals surface area contributed by atoms with E-state index >= 15 is 0 Å². The maximum Gasteiger partial charge on any atom is 0.330 e. The number of nitrogens with zero attached hydrogens (tertiary/aromatic N) is 3. The summed E-state index contributed by atoms with van der Waals surface area (Å²) < 4.78 is 1.39. The van der Waals surface area contributed by atoms with Crippen molar-refractivity contribution >= 4 is 12.0 Å². The highest BCUT2D eigenvalue weighted by molar-refractivity contribution is 5.62. The molecule has 2 aliphatic rings. The van der Waals surface area contributed by atoms with E-state index in [0.717, 1.165) is 25.7 Å². The Morgan fingerprint density at radius 3 is 2.33 bits per heavy atom. The molecule has 0 bridgehead atoms. The summed E-state index contributed by atoms with van der Waals surface area (Å²) in [6.07, 6.45) is 13.3. The van der Waals surface area contributed by atoms with Crippen LogP contribution in [0.25, 0.3) is 0 Å². The maximum atomic E-state index is 12.4. The third kappa shape index (κ3) is 3.97. The van der Waals surface area contributed by atoms with Crippen molar-refractivity contribution in [1.82, 2.24) is 9.55 Å². The van der Waals surface area contributed by atoms with Gasteiger partial charge in [0.15, 0.2) is 0 Å². The Hall–Kier alpha value is -1.85. The van der Waals surface area contributed by atoms with Crippen molar-refractivity contribution in [2.24, 2.45) is 11.0 Å². The number of hydrogen-bond acceptors (Lipinski definition) is 4. The van der Waals surface area contributed by atoms with Crippen LogP contribution in [0.15, 0.2) is 20.8 Å². The number of hydrazone groups is 1. The summed E-state index contributed by atoms with van der Waals surface area (Å²) >= 11 is 0. The van der Waals surface area contributed by atoms with E-state index in [-0.39, 0.29) is 17.3 Å². The second-order valence-electron chi connectivity index (χ2n) is 7.15. The van der Waals surface area contributed by atoms with E-state index in [9.17, 15) is 9.59 Å². The van der Waals surface area contributed by atoms with Gasteiger partial charge in [-0.2, -0.15) is 5.10 Å². The van der Waals surface area contributed by atoms with Gasteiger partial charge in [-0.15, -0.1) is 0 Å². The van der Waals surface area contributed by atoms with Crippen LogP contribution in [-0.4, -0.2) is 22.8 Å². The van der Waals surface area contributed by atoms with E-state index in [0.29, 0.717) is 11.7 Å². The second kappa shape index (κ2) is 7.81.